The van der Waals surface area contributed by atoms with Gasteiger partial charge in [-0.05, 0) is 38.1 Å². The summed E-state index contributed by atoms with van der Waals surface area (Å²) in [5, 5.41) is 7.72. The number of amides is 1. The summed E-state index contributed by atoms with van der Waals surface area (Å²) >= 11 is 0. The number of quaternary nitrogens is 1. The molecule has 106 valence electrons. The average Bonchev–Trinajstić information content (AvgIpc) is 2.35. The number of carbonyl (C=O) groups excluding carboxylic acids is 1. The molecule has 0 saturated carbocycles. The lowest BCUT2D eigenvalue weighted by Gasteiger charge is -2.14. The van der Waals surface area contributed by atoms with Gasteiger partial charge in [0, 0.05) is 5.69 Å². The van der Waals surface area contributed by atoms with Gasteiger partial charge >= 0.3 is 0 Å². The highest BCUT2D eigenvalue weighted by Gasteiger charge is 2.11. The van der Waals surface area contributed by atoms with Gasteiger partial charge in [0.05, 0.1) is 18.0 Å². The molecule has 0 fully saturated rings. The molecule has 19 heavy (non-hydrogen) atoms. The molecule has 1 aromatic carbocycles. The molecule has 0 atom stereocenters. The number of hydrogen-bond donors (Lipinski definition) is 3. The molecule has 0 aliphatic rings. The Bertz CT molecular complexity index is 522. The third-order valence-electron chi connectivity index (χ3n) is 2.88. The maximum absolute atomic E-state index is 11.7. The first-order valence-electron chi connectivity index (χ1n) is 6.13. The summed E-state index contributed by atoms with van der Waals surface area (Å²) in [5.74, 6) is -0.0953. The Morgan fingerprint density at radius 3 is 2.16 bits per heavy atom. The van der Waals surface area contributed by atoms with Crippen molar-refractivity contribution in [2.24, 2.45) is 5.14 Å². The van der Waals surface area contributed by atoms with E-state index in [1.807, 2.05) is 13.8 Å². The van der Waals surface area contributed by atoms with Crippen LogP contribution in [0.5, 0.6) is 0 Å². The van der Waals surface area contributed by atoms with Crippen molar-refractivity contribution in [3.63, 3.8) is 0 Å². The highest BCUT2D eigenvalue weighted by Crippen LogP contribution is 2.12. The van der Waals surface area contributed by atoms with Gasteiger partial charge in [0.1, 0.15) is 0 Å². The highest BCUT2D eigenvalue weighted by molar-refractivity contribution is 7.89. The Hall–Kier alpha value is -1.44. The van der Waals surface area contributed by atoms with E-state index in [2.05, 4.69) is 5.32 Å². The molecule has 4 N–H and O–H groups in total. The minimum absolute atomic E-state index is 0.0277. The van der Waals surface area contributed by atoms with Crippen LogP contribution < -0.4 is 15.4 Å². The molecule has 6 nitrogen and oxygen atoms in total. The number of nitrogens with two attached hydrogens (primary N) is 1. The minimum atomic E-state index is -3.69. The van der Waals surface area contributed by atoms with Crippen LogP contribution in [0.15, 0.2) is 29.2 Å². The van der Waals surface area contributed by atoms with Crippen LogP contribution in [-0.2, 0) is 14.8 Å². The van der Waals surface area contributed by atoms with Gasteiger partial charge in [0.25, 0.3) is 5.91 Å². The Morgan fingerprint density at radius 2 is 1.74 bits per heavy atom. The van der Waals surface area contributed by atoms with Crippen molar-refractivity contribution in [3.8, 4) is 0 Å². The van der Waals surface area contributed by atoms with E-state index < -0.39 is 10.0 Å². The second-order valence-electron chi connectivity index (χ2n) is 4.25. The number of carbonyl (C=O) groups is 1. The molecule has 0 heterocycles. The van der Waals surface area contributed by atoms with Crippen LogP contribution in [-0.4, -0.2) is 34.0 Å². The number of benzene rings is 1. The van der Waals surface area contributed by atoms with Gasteiger partial charge in [-0.2, -0.15) is 0 Å². The Morgan fingerprint density at radius 1 is 1.21 bits per heavy atom. The van der Waals surface area contributed by atoms with E-state index in [1.54, 1.807) is 0 Å². The third kappa shape index (κ3) is 4.98. The van der Waals surface area contributed by atoms with Crippen molar-refractivity contribution in [1.29, 1.82) is 0 Å². The minimum Gasteiger partial charge on any atom is -0.328 e. The Kier molecular flexibility index (Phi) is 5.46. The summed E-state index contributed by atoms with van der Waals surface area (Å²) < 4.78 is 22.2. The van der Waals surface area contributed by atoms with Crippen molar-refractivity contribution in [2.75, 3.05) is 25.0 Å². The first-order chi connectivity index (χ1) is 8.86. The van der Waals surface area contributed by atoms with Gasteiger partial charge in [-0.3, -0.25) is 4.79 Å². The molecule has 1 aromatic rings. The topological polar surface area (TPSA) is 93.7 Å². The summed E-state index contributed by atoms with van der Waals surface area (Å²) in [6.07, 6.45) is 0. The maximum Gasteiger partial charge on any atom is 0.279 e. The molecule has 0 aromatic heterocycles. The van der Waals surface area contributed by atoms with E-state index in [0.717, 1.165) is 13.1 Å². The maximum atomic E-state index is 11.7. The normalized spacial score (nSPS) is 11.6. The van der Waals surface area contributed by atoms with Crippen LogP contribution in [0.3, 0.4) is 0 Å². The number of nitrogens with one attached hydrogen (secondary N) is 2. The van der Waals surface area contributed by atoms with E-state index in [0.29, 0.717) is 12.2 Å². The molecule has 0 bridgehead atoms. The monoisotopic (exact) mass is 286 g/mol. The van der Waals surface area contributed by atoms with Gasteiger partial charge in [-0.15, -0.1) is 0 Å². The average molecular weight is 286 g/mol. The largest absolute Gasteiger partial charge is 0.328 e. The van der Waals surface area contributed by atoms with Crippen molar-refractivity contribution < 1.29 is 18.1 Å². The quantitative estimate of drug-likeness (QED) is 0.639. The highest BCUT2D eigenvalue weighted by atomic mass is 32.2. The predicted molar refractivity (Wildman–Crippen MR) is 73.4 cm³/mol. The molecule has 0 spiro atoms. The lowest BCUT2D eigenvalue weighted by molar-refractivity contribution is -0.888. The van der Waals surface area contributed by atoms with Gasteiger partial charge < -0.3 is 10.2 Å². The second kappa shape index (κ2) is 6.65. The number of rotatable bonds is 6. The first kappa shape index (κ1) is 15.6. The summed E-state index contributed by atoms with van der Waals surface area (Å²) in [7, 11) is -3.69. The third-order valence-corrected chi connectivity index (χ3v) is 3.81. The molecular weight excluding hydrogens is 266 g/mol. The molecule has 0 radical (unpaired) electrons. The SMILES string of the molecule is CC[NH+](CC)CC(=O)Nc1ccc(S(N)(=O)=O)cc1. The van der Waals surface area contributed by atoms with Crippen molar-refractivity contribution >= 4 is 21.6 Å². The van der Waals surface area contributed by atoms with Crippen LogP contribution in [0, 0.1) is 0 Å². The summed E-state index contributed by atoms with van der Waals surface area (Å²) in [5.41, 5.74) is 0.559. The molecule has 0 aliphatic carbocycles. The number of likely N-dealkylation sites (N-methyl/N-ethyl adjacent to an activating group) is 1. The van der Waals surface area contributed by atoms with E-state index in [-0.39, 0.29) is 10.8 Å². The second-order valence-corrected chi connectivity index (χ2v) is 5.81. The van der Waals surface area contributed by atoms with Crippen molar-refractivity contribution in [3.05, 3.63) is 24.3 Å². The van der Waals surface area contributed by atoms with Gasteiger partial charge in [0.15, 0.2) is 6.54 Å². The fraction of sp³-hybridized carbons (Fsp3) is 0.417. The Balaban J connectivity index is 2.66. The van der Waals surface area contributed by atoms with E-state index in [4.69, 9.17) is 5.14 Å². The number of anilines is 1. The summed E-state index contributed by atoms with van der Waals surface area (Å²) in [6.45, 7) is 6.20. The molecule has 0 saturated heterocycles. The molecule has 0 unspecified atom stereocenters. The zero-order chi connectivity index (χ0) is 14.5. The fourth-order valence-electron chi connectivity index (χ4n) is 1.66. The smallest absolute Gasteiger partial charge is 0.279 e. The van der Waals surface area contributed by atoms with E-state index in [1.165, 1.54) is 29.2 Å². The van der Waals surface area contributed by atoms with Crippen LogP contribution in [0.2, 0.25) is 0 Å². The summed E-state index contributed by atoms with van der Waals surface area (Å²) in [6, 6.07) is 5.79. The molecule has 7 heteroatoms. The first-order valence-corrected chi connectivity index (χ1v) is 7.67. The van der Waals surface area contributed by atoms with Crippen molar-refractivity contribution in [2.45, 2.75) is 18.7 Å². The molecule has 1 rings (SSSR count). The predicted octanol–water partition coefficient (Wildman–Crippen LogP) is -0.803. The van der Waals surface area contributed by atoms with Gasteiger partial charge in [-0.25, -0.2) is 13.6 Å². The van der Waals surface area contributed by atoms with Crippen LogP contribution in [0.25, 0.3) is 0 Å². The van der Waals surface area contributed by atoms with Crippen LogP contribution >= 0.6 is 0 Å². The van der Waals surface area contributed by atoms with Gasteiger partial charge in [0.2, 0.25) is 10.0 Å². The standard InChI is InChI=1S/C12H19N3O3S/c1-3-15(4-2)9-12(16)14-10-5-7-11(8-6-10)19(13,17)18/h5-8H,3-4,9H2,1-2H3,(H,14,16)(H2,13,17,18)/p+1. The number of sulfonamides is 1. The Labute approximate surface area is 113 Å². The van der Waals surface area contributed by atoms with Gasteiger partial charge in [-0.1, -0.05) is 0 Å². The van der Waals surface area contributed by atoms with Crippen molar-refractivity contribution in [1.82, 2.24) is 0 Å². The van der Waals surface area contributed by atoms with Crippen LogP contribution in [0.4, 0.5) is 5.69 Å². The summed E-state index contributed by atoms with van der Waals surface area (Å²) in [4.78, 5) is 13.0. The van der Waals surface area contributed by atoms with Crippen LogP contribution in [0.1, 0.15) is 13.8 Å². The zero-order valence-electron chi connectivity index (χ0n) is 11.1. The molecular formula is C12H20N3O3S+. The van der Waals surface area contributed by atoms with E-state index in [9.17, 15) is 13.2 Å². The zero-order valence-corrected chi connectivity index (χ0v) is 12.0. The number of hydrogen-bond acceptors (Lipinski definition) is 3. The lowest BCUT2D eigenvalue weighted by atomic mass is 10.3. The fourth-order valence-corrected chi connectivity index (χ4v) is 2.18. The molecule has 1 amide bonds. The lowest BCUT2D eigenvalue weighted by Crippen LogP contribution is -3.12. The number of primary sulfonamides is 1. The van der Waals surface area contributed by atoms with E-state index >= 15 is 0 Å². The molecule has 0 aliphatic heterocycles.